The van der Waals surface area contributed by atoms with Gasteiger partial charge >= 0.3 is 0 Å². The van der Waals surface area contributed by atoms with Crippen LogP contribution in [0, 0.1) is 6.92 Å². The first kappa shape index (κ1) is 14.3. The molecule has 1 unspecified atom stereocenters. The van der Waals surface area contributed by atoms with Gasteiger partial charge in [0.15, 0.2) is 5.65 Å². The minimum absolute atomic E-state index is 0.339. The lowest BCUT2D eigenvalue weighted by Gasteiger charge is -2.25. The maximum atomic E-state index is 5.96. The quantitative estimate of drug-likeness (QED) is 0.782. The maximum Gasteiger partial charge on any atom is 0.161 e. The second kappa shape index (κ2) is 5.74. The standard InChI is InChI=1S/C17H16ClN5/c1-10-19-8-12-7-14(3-4-15(12)21-10)22-16-5-2-11-6-13(18)9-20-17(11)23-16/h2,5-6,8-9,14H,3-4,7H2,1H3,(H,20,22,23). The first-order valence-corrected chi connectivity index (χ1v) is 8.05. The van der Waals surface area contributed by atoms with Crippen molar-refractivity contribution in [3.05, 3.63) is 52.7 Å². The molecule has 0 spiro atoms. The summed E-state index contributed by atoms with van der Waals surface area (Å²) < 4.78 is 0. The monoisotopic (exact) mass is 325 g/mol. The van der Waals surface area contributed by atoms with Gasteiger partial charge in [0.25, 0.3) is 0 Å². The zero-order chi connectivity index (χ0) is 15.8. The summed E-state index contributed by atoms with van der Waals surface area (Å²) in [5.41, 5.74) is 3.11. The van der Waals surface area contributed by atoms with E-state index in [4.69, 9.17) is 11.6 Å². The number of nitrogens with one attached hydrogen (secondary N) is 1. The van der Waals surface area contributed by atoms with E-state index < -0.39 is 0 Å². The topological polar surface area (TPSA) is 63.6 Å². The van der Waals surface area contributed by atoms with Gasteiger partial charge in [-0.3, -0.25) is 0 Å². The molecular formula is C17H16ClN5. The Morgan fingerprint density at radius 2 is 2.09 bits per heavy atom. The molecule has 1 atom stereocenters. The summed E-state index contributed by atoms with van der Waals surface area (Å²) in [5.74, 6) is 1.69. The maximum absolute atomic E-state index is 5.96. The van der Waals surface area contributed by atoms with Crippen molar-refractivity contribution in [2.45, 2.75) is 32.2 Å². The fourth-order valence-electron chi connectivity index (χ4n) is 3.00. The van der Waals surface area contributed by atoms with Crippen LogP contribution >= 0.6 is 11.6 Å². The van der Waals surface area contributed by atoms with Gasteiger partial charge in [-0.1, -0.05) is 11.6 Å². The number of fused-ring (bicyclic) bond motifs is 2. The summed E-state index contributed by atoms with van der Waals surface area (Å²) in [6.07, 6.45) is 6.50. The van der Waals surface area contributed by atoms with Crippen molar-refractivity contribution < 1.29 is 0 Å². The van der Waals surface area contributed by atoms with Crippen molar-refractivity contribution in [3.8, 4) is 0 Å². The van der Waals surface area contributed by atoms with Gasteiger partial charge in [-0.2, -0.15) is 0 Å². The number of hydrogen-bond acceptors (Lipinski definition) is 5. The summed E-state index contributed by atoms with van der Waals surface area (Å²) >= 11 is 5.96. The van der Waals surface area contributed by atoms with Crippen LogP contribution in [0.1, 0.15) is 23.5 Å². The molecule has 1 aliphatic carbocycles. The molecule has 0 aliphatic heterocycles. The van der Waals surface area contributed by atoms with Crippen LogP contribution in [0.5, 0.6) is 0 Å². The zero-order valence-electron chi connectivity index (χ0n) is 12.8. The first-order chi connectivity index (χ1) is 11.2. The fourth-order valence-corrected chi connectivity index (χ4v) is 3.17. The van der Waals surface area contributed by atoms with Crippen LogP contribution in [0.4, 0.5) is 5.82 Å². The van der Waals surface area contributed by atoms with E-state index in [1.165, 1.54) is 11.3 Å². The molecule has 3 aromatic rings. The summed E-state index contributed by atoms with van der Waals surface area (Å²) in [6.45, 7) is 1.93. The van der Waals surface area contributed by atoms with E-state index in [0.717, 1.165) is 36.3 Å². The molecule has 3 aromatic heterocycles. The third-order valence-electron chi connectivity index (χ3n) is 4.13. The molecule has 5 nitrogen and oxygen atoms in total. The largest absolute Gasteiger partial charge is 0.367 e. The Morgan fingerprint density at radius 3 is 3.00 bits per heavy atom. The molecule has 0 aromatic carbocycles. The predicted molar refractivity (Wildman–Crippen MR) is 90.8 cm³/mol. The lowest BCUT2D eigenvalue weighted by atomic mass is 9.93. The molecule has 0 radical (unpaired) electrons. The number of rotatable bonds is 2. The first-order valence-electron chi connectivity index (χ1n) is 7.67. The summed E-state index contributed by atoms with van der Waals surface area (Å²) in [7, 11) is 0. The molecule has 1 N–H and O–H groups in total. The summed E-state index contributed by atoms with van der Waals surface area (Å²) in [6, 6.07) is 6.18. The highest BCUT2D eigenvalue weighted by molar-refractivity contribution is 6.31. The Balaban J connectivity index is 1.54. The molecule has 23 heavy (non-hydrogen) atoms. The SMILES string of the molecule is Cc1ncc2c(n1)CCC(Nc1ccc3cc(Cl)cnc3n1)C2. The Morgan fingerprint density at radius 1 is 1.17 bits per heavy atom. The van der Waals surface area contributed by atoms with Crippen molar-refractivity contribution in [1.82, 2.24) is 19.9 Å². The Labute approximate surface area is 139 Å². The van der Waals surface area contributed by atoms with Gasteiger partial charge in [-0.25, -0.2) is 19.9 Å². The lowest BCUT2D eigenvalue weighted by Crippen LogP contribution is -2.28. The third-order valence-corrected chi connectivity index (χ3v) is 4.34. The van der Waals surface area contributed by atoms with E-state index in [1.807, 2.05) is 31.3 Å². The van der Waals surface area contributed by atoms with Crippen molar-refractivity contribution in [3.63, 3.8) is 0 Å². The number of aryl methyl sites for hydroxylation is 2. The molecule has 1 aliphatic rings. The highest BCUT2D eigenvalue weighted by atomic mass is 35.5. The molecule has 0 fully saturated rings. The number of nitrogens with zero attached hydrogens (tertiary/aromatic N) is 4. The van der Waals surface area contributed by atoms with Crippen molar-refractivity contribution >= 4 is 28.5 Å². The number of halogens is 1. The van der Waals surface area contributed by atoms with Gasteiger partial charge in [0.1, 0.15) is 11.6 Å². The number of pyridine rings is 2. The predicted octanol–water partition coefficient (Wildman–Crippen LogP) is 3.35. The highest BCUT2D eigenvalue weighted by Gasteiger charge is 2.20. The number of aromatic nitrogens is 4. The van der Waals surface area contributed by atoms with E-state index in [9.17, 15) is 0 Å². The average Bonchev–Trinajstić information content (AvgIpc) is 2.55. The molecule has 3 heterocycles. The average molecular weight is 326 g/mol. The third kappa shape index (κ3) is 2.97. The van der Waals surface area contributed by atoms with E-state index in [2.05, 4.69) is 25.3 Å². The Hall–Kier alpha value is -2.27. The number of anilines is 1. The van der Waals surface area contributed by atoms with Crippen LogP contribution in [-0.2, 0) is 12.8 Å². The fraction of sp³-hybridized carbons (Fsp3) is 0.294. The van der Waals surface area contributed by atoms with Crippen LogP contribution in [0.3, 0.4) is 0 Å². The van der Waals surface area contributed by atoms with E-state index in [-0.39, 0.29) is 0 Å². The minimum Gasteiger partial charge on any atom is -0.367 e. The smallest absolute Gasteiger partial charge is 0.161 e. The lowest BCUT2D eigenvalue weighted by molar-refractivity contribution is 0.591. The van der Waals surface area contributed by atoms with Crippen LogP contribution in [-0.4, -0.2) is 26.0 Å². The van der Waals surface area contributed by atoms with Crippen LogP contribution in [0.15, 0.2) is 30.6 Å². The molecular weight excluding hydrogens is 310 g/mol. The molecule has 0 amide bonds. The Bertz CT molecular complexity index is 880. The molecule has 0 saturated heterocycles. The van der Waals surface area contributed by atoms with Crippen molar-refractivity contribution in [1.29, 1.82) is 0 Å². The summed E-state index contributed by atoms with van der Waals surface area (Å²) in [4.78, 5) is 17.7. The Kier molecular flexibility index (Phi) is 3.58. The molecule has 6 heteroatoms. The van der Waals surface area contributed by atoms with Crippen molar-refractivity contribution in [2.24, 2.45) is 0 Å². The molecule has 116 valence electrons. The van der Waals surface area contributed by atoms with Crippen LogP contribution < -0.4 is 5.32 Å². The van der Waals surface area contributed by atoms with E-state index in [0.29, 0.717) is 16.7 Å². The number of hydrogen-bond donors (Lipinski definition) is 1. The second-order valence-electron chi connectivity index (χ2n) is 5.87. The zero-order valence-corrected chi connectivity index (χ0v) is 13.5. The highest BCUT2D eigenvalue weighted by Crippen LogP contribution is 2.23. The normalized spacial score (nSPS) is 17.0. The van der Waals surface area contributed by atoms with Gasteiger partial charge in [0.05, 0.1) is 5.02 Å². The molecule has 4 rings (SSSR count). The molecule has 0 saturated carbocycles. The van der Waals surface area contributed by atoms with Crippen molar-refractivity contribution in [2.75, 3.05) is 5.32 Å². The van der Waals surface area contributed by atoms with Gasteiger partial charge in [0.2, 0.25) is 0 Å². The van der Waals surface area contributed by atoms with E-state index >= 15 is 0 Å². The van der Waals surface area contributed by atoms with Crippen LogP contribution in [0.25, 0.3) is 11.0 Å². The van der Waals surface area contributed by atoms with Crippen LogP contribution in [0.2, 0.25) is 5.02 Å². The minimum atomic E-state index is 0.339. The van der Waals surface area contributed by atoms with Gasteiger partial charge < -0.3 is 5.32 Å². The van der Waals surface area contributed by atoms with Gasteiger partial charge in [-0.15, -0.1) is 0 Å². The van der Waals surface area contributed by atoms with Gasteiger partial charge in [-0.05, 0) is 49.9 Å². The van der Waals surface area contributed by atoms with Gasteiger partial charge in [0, 0.05) is 29.5 Å². The van der Waals surface area contributed by atoms with E-state index in [1.54, 1.807) is 6.20 Å². The summed E-state index contributed by atoms with van der Waals surface area (Å²) in [5, 5.41) is 5.07. The molecule has 0 bridgehead atoms. The second-order valence-corrected chi connectivity index (χ2v) is 6.31.